The Morgan fingerprint density at radius 3 is 2.50 bits per heavy atom. The lowest BCUT2D eigenvalue weighted by molar-refractivity contribution is 0.0164. The summed E-state index contributed by atoms with van der Waals surface area (Å²) >= 11 is 0. The van der Waals surface area contributed by atoms with Crippen LogP contribution in [0.4, 0.5) is 4.39 Å². The molecular formula is C17H26FNO. The second-order valence-electron chi connectivity index (χ2n) is 6.45. The van der Waals surface area contributed by atoms with Gasteiger partial charge in [-0.2, -0.15) is 0 Å². The molecule has 0 amide bonds. The molecule has 112 valence electrons. The first-order valence-corrected chi connectivity index (χ1v) is 7.57. The van der Waals surface area contributed by atoms with Crippen LogP contribution in [0.1, 0.15) is 49.8 Å². The molecule has 2 rings (SSSR count). The van der Waals surface area contributed by atoms with Crippen molar-refractivity contribution in [2.24, 2.45) is 0 Å². The van der Waals surface area contributed by atoms with Crippen molar-refractivity contribution in [3.05, 3.63) is 34.6 Å². The summed E-state index contributed by atoms with van der Waals surface area (Å²) in [6, 6.07) is 3.97. The maximum Gasteiger partial charge on any atom is 0.129 e. The zero-order chi connectivity index (χ0) is 14.9. The van der Waals surface area contributed by atoms with Gasteiger partial charge in [0.05, 0.1) is 5.60 Å². The van der Waals surface area contributed by atoms with Gasteiger partial charge in [0.25, 0.3) is 0 Å². The Bertz CT molecular complexity index is 463. The molecule has 1 fully saturated rings. The number of rotatable bonds is 2. The Kier molecular flexibility index (Phi) is 4.50. The van der Waals surface area contributed by atoms with Crippen LogP contribution in [0.2, 0.25) is 0 Å². The highest BCUT2D eigenvalue weighted by Gasteiger charge is 2.35. The first-order valence-electron chi connectivity index (χ1n) is 7.57. The van der Waals surface area contributed by atoms with E-state index in [0.717, 1.165) is 30.6 Å². The Morgan fingerprint density at radius 1 is 1.20 bits per heavy atom. The van der Waals surface area contributed by atoms with Gasteiger partial charge in [-0.1, -0.05) is 6.07 Å². The molecule has 1 atom stereocenters. The first-order chi connectivity index (χ1) is 9.33. The SMILES string of the molecule is Cc1cc(C)c(C2(O)CCCN(C(C)C)CC2)c(F)c1. The number of nitrogens with zero attached hydrogens (tertiary/aromatic N) is 1. The van der Waals surface area contributed by atoms with Gasteiger partial charge >= 0.3 is 0 Å². The van der Waals surface area contributed by atoms with E-state index >= 15 is 0 Å². The Balaban J connectivity index is 2.31. The van der Waals surface area contributed by atoms with Crippen molar-refractivity contribution in [1.82, 2.24) is 4.90 Å². The minimum atomic E-state index is -1.02. The van der Waals surface area contributed by atoms with Crippen LogP contribution < -0.4 is 0 Å². The number of hydrogen-bond acceptors (Lipinski definition) is 2. The molecule has 20 heavy (non-hydrogen) atoms. The third-order valence-electron chi connectivity index (χ3n) is 4.48. The van der Waals surface area contributed by atoms with Crippen molar-refractivity contribution in [1.29, 1.82) is 0 Å². The maximum atomic E-state index is 14.4. The number of likely N-dealkylation sites (tertiary alicyclic amines) is 1. The smallest absolute Gasteiger partial charge is 0.129 e. The molecule has 0 spiro atoms. The third-order valence-corrected chi connectivity index (χ3v) is 4.48. The highest BCUT2D eigenvalue weighted by atomic mass is 19.1. The van der Waals surface area contributed by atoms with E-state index in [1.54, 1.807) is 0 Å². The molecule has 1 unspecified atom stereocenters. The van der Waals surface area contributed by atoms with E-state index in [1.807, 2.05) is 19.9 Å². The monoisotopic (exact) mass is 279 g/mol. The van der Waals surface area contributed by atoms with Crippen LogP contribution in [0, 0.1) is 19.7 Å². The zero-order valence-corrected chi connectivity index (χ0v) is 13.0. The van der Waals surface area contributed by atoms with E-state index in [2.05, 4.69) is 18.7 Å². The summed E-state index contributed by atoms with van der Waals surface area (Å²) in [5.74, 6) is -0.261. The lowest BCUT2D eigenvalue weighted by Crippen LogP contribution is -2.34. The van der Waals surface area contributed by atoms with Crippen molar-refractivity contribution in [3.63, 3.8) is 0 Å². The number of aliphatic hydroxyl groups is 1. The minimum absolute atomic E-state index is 0.261. The van der Waals surface area contributed by atoms with Gasteiger partial charge in [0.15, 0.2) is 0 Å². The van der Waals surface area contributed by atoms with Crippen LogP contribution in [0.3, 0.4) is 0 Å². The van der Waals surface area contributed by atoms with Gasteiger partial charge < -0.3 is 10.0 Å². The fraction of sp³-hybridized carbons (Fsp3) is 0.647. The standard InChI is InChI=1S/C17H26FNO/c1-12(2)19-8-5-6-17(20,7-9-19)16-14(4)10-13(3)11-15(16)18/h10-12,20H,5-9H2,1-4H3. The van der Waals surface area contributed by atoms with Crippen LogP contribution in [-0.2, 0) is 5.60 Å². The second-order valence-corrected chi connectivity index (χ2v) is 6.45. The number of benzene rings is 1. The Labute approximate surface area is 121 Å². The van der Waals surface area contributed by atoms with E-state index in [9.17, 15) is 9.50 Å². The highest BCUT2D eigenvalue weighted by molar-refractivity contribution is 5.36. The van der Waals surface area contributed by atoms with E-state index in [1.165, 1.54) is 6.07 Å². The van der Waals surface area contributed by atoms with Gasteiger partial charge in [-0.15, -0.1) is 0 Å². The molecule has 1 N–H and O–H groups in total. The molecular weight excluding hydrogens is 253 g/mol. The largest absolute Gasteiger partial charge is 0.385 e. The lowest BCUT2D eigenvalue weighted by atomic mass is 9.83. The minimum Gasteiger partial charge on any atom is -0.385 e. The van der Waals surface area contributed by atoms with Crippen LogP contribution in [-0.4, -0.2) is 29.1 Å². The van der Waals surface area contributed by atoms with Crippen LogP contribution in [0.15, 0.2) is 12.1 Å². The molecule has 1 saturated heterocycles. The molecule has 0 bridgehead atoms. The number of aryl methyl sites for hydroxylation is 2. The first kappa shape index (κ1) is 15.5. The summed E-state index contributed by atoms with van der Waals surface area (Å²) in [5.41, 5.74) is 1.26. The van der Waals surface area contributed by atoms with E-state index in [-0.39, 0.29) is 5.82 Å². The van der Waals surface area contributed by atoms with Crippen molar-refractivity contribution >= 4 is 0 Å². The summed E-state index contributed by atoms with van der Waals surface area (Å²) in [4.78, 5) is 2.36. The highest BCUT2D eigenvalue weighted by Crippen LogP contribution is 2.37. The molecule has 1 aromatic rings. The molecule has 0 saturated carbocycles. The molecule has 3 heteroatoms. The molecule has 0 radical (unpaired) electrons. The molecule has 1 aromatic carbocycles. The third kappa shape index (κ3) is 3.04. The molecule has 0 aliphatic carbocycles. The normalized spacial score (nSPS) is 24.9. The van der Waals surface area contributed by atoms with Gasteiger partial charge in [0.2, 0.25) is 0 Å². The predicted octanol–water partition coefficient (Wildman–Crippen LogP) is 3.52. The summed E-state index contributed by atoms with van der Waals surface area (Å²) in [6.45, 7) is 9.92. The van der Waals surface area contributed by atoms with Gasteiger partial charge in [0.1, 0.15) is 5.82 Å². The lowest BCUT2D eigenvalue weighted by Gasteiger charge is -2.30. The van der Waals surface area contributed by atoms with E-state index in [0.29, 0.717) is 24.4 Å². The van der Waals surface area contributed by atoms with Gasteiger partial charge in [-0.05, 0) is 70.7 Å². The average molecular weight is 279 g/mol. The average Bonchev–Trinajstić information content (AvgIpc) is 2.50. The molecule has 0 aromatic heterocycles. The molecule has 1 heterocycles. The van der Waals surface area contributed by atoms with Crippen molar-refractivity contribution in [2.75, 3.05) is 13.1 Å². The van der Waals surface area contributed by atoms with Gasteiger partial charge in [-0.25, -0.2) is 4.39 Å². The van der Waals surface area contributed by atoms with E-state index < -0.39 is 5.60 Å². The fourth-order valence-electron chi connectivity index (χ4n) is 3.41. The number of halogens is 1. The second kappa shape index (κ2) is 5.82. The Hall–Kier alpha value is -0.930. The summed E-state index contributed by atoms with van der Waals surface area (Å²) < 4.78 is 14.4. The predicted molar refractivity (Wildman–Crippen MR) is 80.3 cm³/mol. The zero-order valence-electron chi connectivity index (χ0n) is 13.0. The summed E-state index contributed by atoms with van der Waals surface area (Å²) in [6.07, 6.45) is 2.14. The van der Waals surface area contributed by atoms with Crippen LogP contribution in [0.25, 0.3) is 0 Å². The fourth-order valence-corrected chi connectivity index (χ4v) is 3.41. The van der Waals surface area contributed by atoms with Crippen molar-refractivity contribution < 1.29 is 9.50 Å². The molecule has 1 aliphatic rings. The van der Waals surface area contributed by atoms with Gasteiger partial charge in [0, 0.05) is 18.2 Å². The number of hydrogen-bond donors (Lipinski definition) is 1. The van der Waals surface area contributed by atoms with Crippen molar-refractivity contribution in [2.45, 2.75) is 58.6 Å². The Morgan fingerprint density at radius 2 is 1.90 bits per heavy atom. The van der Waals surface area contributed by atoms with Gasteiger partial charge in [-0.3, -0.25) is 0 Å². The maximum absolute atomic E-state index is 14.4. The summed E-state index contributed by atoms with van der Waals surface area (Å²) in [5, 5.41) is 11.0. The van der Waals surface area contributed by atoms with E-state index in [4.69, 9.17) is 0 Å². The molecule has 1 aliphatic heterocycles. The van der Waals surface area contributed by atoms with Crippen LogP contribution >= 0.6 is 0 Å². The van der Waals surface area contributed by atoms with Crippen molar-refractivity contribution in [3.8, 4) is 0 Å². The summed E-state index contributed by atoms with van der Waals surface area (Å²) in [7, 11) is 0. The quantitative estimate of drug-likeness (QED) is 0.895. The molecule has 2 nitrogen and oxygen atoms in total. The topological polar surface area (TPSA) is 23.5 Å². The van der Waals surface area contributed by atoms with Crippen LogP contribution in [0.5, 0.6) is 0 Å².